The van der Waals surface area contributed by atoms with Gasteiger partial charge in [0.05, 0.1) is 19.3 Å². The number of rotatable bonds is 4. The summed E-state index contributed by atoms with van der Waals surface area (Å²) in [7, 11) is -0.904. The van der Waals surface area contributed by atoms with Crippen LogP contribution < -0.4 is 4.72 Å². The first-order valence-electron chi connectivity index (χ1n) is 4.71. The summed E-state index contributed by atoms with van der Waals surface area (Å²) in [6, 6.07) is -0.752. The van der Waals surface area contributed by atoms with E-state index in [-0.39, 0.29) is 13.2 Å². The largest absolute Gasteiger partial charge is 0.481 e. The second kappa shape index (κ2) is 4.28. The van der Waals surface area contributed by atoms with Crippen LogP contribution in [0.5, 0.6) is 0 Å². The summed E-state index contributed by atoms with van der Waals surface area (Å²) < 4.78 is 31.5. The monoisotopic (exact) mass is 252 g/mol. The Hall–Kier alpha value is -0.700. The van der Waals surface area contributed by atoms with Gasteiger partial charge in [-0.2, -0.15) is 17.4 Å². The Labute approximate surface area is 94.6 Å². The van der Waals surface area contributed by atoms with Crippen LogP contribution in [-0.4, -0.2) is 57.1 Å². The first-order valence-corrected chi connectivity index (χ1v) is 6.15. The predicted molar refractivity (Wildman–Crippen MR) is 56.1 cm³/mol. The van der Waals surface area contributed by atoms with Gasteiger partial charge in [0, 0.05) is 14.1 Å². The summed E-state index contributed by atoms with van der Waals surface area (Å²) >= 11 is 0. The van der Waals surface area contributed by atoms with E-state index >= 15 is 0 Å². The highest BCUT2D eigenvalue weighted by atomic mass is 32.2. The highest BCUT2D eigenvalue weighted by Crippen LogP contribution is 2.29. The molecule has 2 unspecified atom stereocenters. The lowest BCUT2D eigenvalue weighted by atomic mass is 9.86. The van der Waals surface area contributed by atoms with E-state index < -0.39 is 27.6 Å². The van der Waals surface area contributed by atoms with Gasteiger partial charge in [0.15, 0.2) is 0 Å². The minimum absolute atomic E-state index is 0.00293. The first kappa shape index (κ1) is 13.4. The quantitative estimate of drug-likeness (QED) is 0.660. The van der Waals surface area contributed by atoms with E-state index in [1.807, 2.05) is 0 Å². The minimum Gasteiger partial charge on any atom is -0.481 e. The Kier molecular flexibility index (Phi) is 3.58. The van der Waals surface area contributed by atoms with E-state index in [4.69, 9.17) is 9.84 Å². The zero-order valence-corrected chi connectivity index (χ0v) is 10.2. The number of carbonyl (C=O) groups is 1. The molecule has 1 rings (SSSR count). The number of nitrogens with zero attached hydrogens (tertiary/aromatic N) is 1. The molecule has 1 heterocycles. The Morgan fingerprint density at radius 1 is 1.56 bits per heavy atom. The fourth-order valence-corrected chi connectivity index (χ4v) is 2.23. The predicted octanol–water partition coefficient (Wildman–Crippen LogP) is -1.13. The third kappa shape index (κ3) is 2.34. The third-order valence-corrected chi connectivity index (χ3v) is 4.26. The number of hydrogen-bond donors (Lipinski definition) is 2. The second-order valence-electron chi connectivity index (χ2n) is 4.20. The molecule has 0 aliphatic carbocycles. The zero-order chi connectivity index (χ0) is 12.6. The first-order chi connectivity index (χ1) is 7.20. The molecule has 1 fully saturated rings. The molecule has 0 aromatic carbocycles. The van der Waals surface area contributed by atoms with Crippen molar-refractivity contribution in [2.75, 3.05) is 27.3 Å². The van der Waals surface area contributed by atoms with Crippen molar-refractivity contribution in [3.05, 3.63) is 0 Å². The maximum atomic E-state index is 11.6. The minimum atomic E-state index is -3.65. The van der Waals surface area contributed by atoms with Crippen molar-refractivity contribution >= 4 is 16.2 Å². The summed E-state index contributed by atoms with van der Waals surface area (Å²) in [6.07, 6.45) is 0. The fourth-order valence-electron chi connectivity index (χ4n) is 1.33. The molecular formula is C8H16N2O5S. The van der Waals surface area contributed by atoms with Gasteiger partial charge in [-0.25, -0.2) is 0 Å². The van der Waals surface area contributed by atoms with Gasteiger partial charge in [0.2, 0.25) is 0 Å². The van der Waals surface area contributed by atoms with Gasteiger partial charge in [-0.1, -0.05) is 0 Å². The standard InChI is InChI=1S/C8H16N2O5S/c1-8(7(11)12)5-15-4-6(8)9-16(13,14)10(2)3/h6,9H,4-5H2,1-3H3,(H,11,12). The molecule has 1 saturated heterocycles. The Bertz CT molecular complexity index is 380. The molecule has 94 valence electrons. The normalized spacial score (nSPS) is 30.9. The lowest BCUT2D eigenvalue weighted by Gasteiger charge is -2.26. The smallest absolute Gasteiger partial charge is 0.313 e. The van der Waals surface area contributed by atoms with Crippen molar-refractivity contribution in [3.8, 4) is 0 Å². The summed E-state index contributed by atoms with van der Waals surface area (Å²) in [4.78, 5) is 11.1. The van der Waals surface area contributed by atoms with Crippen LogP contribution in [0.4, 0.5) is 0 Å². The maximum absolute atomic E-state index is 11.6. The Morgan fingerprint density at radius 2 is 2.12 bits per heavy atom. The number of hydrogen-bond acceptors (Lipinski definition) is 4. The topological polar surface area (TPSA) is 95.9 Å². The molecule has 0 aromatic rings. The van der Waals surface area contributed by atoms with Gasteiger partial charge >= 0.3 is 5.97 Å². The molecule has 0 saturated carbocycles. The molecular weight excluding hydrogens is 236 g/mol. The van der Waals surface area contributed by atoms with Crippen LogP contribution in [0.2, 0.25) is 0 Å². The van der Waals surface area contributed by atoms with Crippen molar-refractivity contribution in [2.45, 2.75) is 13.0 Å². The summed E-state index contributed by atoms with van der Waals surface area (Å²) in [6.45, 7) is 1.53. The zero-order valence-electron chi connectivity index (χ0n) is 9.43. The van der Waals surface area contributed by atoms with Crippen molar-refractivity contribution in [1.29, 1.82) is 0 Å². The molecule has 0 bridgehead atoms. The van der Waals surface area contributed by atoms with Gasteiger partial charge in [-0.05, 0) is 6.92 Å². The summed E-state index contributed by atoms with van der Waals surface area (Å²) in [5, 5.41) is 9.05. The number of carboxylic acid groups (broad SMARTS) is 1. The van der Waals surface area contributed by atoms with Gasteiger partial charge in [0.1, 0.15) is 5.41 Å². The maximum Gasteiger partial charge on any atom is 0.313 e. The number of aliphatic carboxylic acids is 1. The van der Waals surface area contributed by atoms with Crippen LogP contribution in [0.3, 0.4) is 0 Å². The molecule has 0 radical (unpaired) electrons. The van der Waals surface area contributed by atoms with Crippen molar-refractivity contribution in [1.82, 2.24) is 9.03 Å². The van der Waals surface area contributed by atoms with E-state index in [2.05, 4.69) is 4.72 Å². The van der Waals surface area contributed by atoms with Gasteiger partial charge in [-0.3, -0.25) is 4.79 Å². The van der Waals surface area contributed by atoms with E-state index in [1.165, 1.54) is 21.0 Å². The van der Waals surface area contributed by atoms with Crippen LogP contribution >= 0.6 is 0 Å². The average Bonchev–Trinajstić information content (AvgIpc) is 2.48. The van der Waals surface area contributed by atoms with Gasteiger partial charge in [-0.15, -0.1) is 0 Å². The molecule has 2 N–H and O–H groups in total. The van der Waals surface area contributed by atoms with Crippen LogP contribution in [0, 0.1) is 5.41 Å². The molecule has 7 nitrogen and oxygen atoms in total. The molecule has 0 aromatic heterocycles. The van der Waals surface area contributed by atoms with E-state index in [0.717, 1.165) is 4.31 Å². The lowest BCUT2D eigenvalue weighted by Crippen LogP contribution is -2.52. The molecule has 1 aliphatic rings. The third-order valence-electron chi connectivity index (χ3n) is 2.72. The second-order valence-corrected chi connectivity index (χ2v) is 6.11. The molecule has 16 heavy (non-hydrogen) atoms. The number of nitrogens with one attached hydrogen (secondary N) is 1. The SMILES string of the molecule is CN(C)S(=O)(=O)NC1COCC1(C)C(=O)O. The molecule has 2 atom stereocenters. The van der Waals surface area contributed by atoms with Crippen LogP contribution in [-0.2, 0) is 19.7 Å². The fraction of sp³-hybridized carbons (Fsp3) is 0.875. The lowest BCUT2D eigenvalue weighted by molar-refractivity contribution is -0.148. The van der Waals surface area contributed by atoms with Crippen LogP contribution in [0.1, 0.15) is 6.92 Å². The highest BCUT2D eigenvalue weighted by molar-refractivity contribution is 7.87. The van der Waals surface area contributed by atoms with Crippen molar-refractivity contribution < 1.29 is 23.1 Å². The Morgan fingerprint density at radius 3 is 2.56 bits per heavy atom. The molecule has 1 aliphatic heterocycles. The van der Waals surface area contributed by atoms with Crippen molar-refractivity contribution in [3.63, 3.8) is 0 Å². The van der Waals surface area contributed by atoms with Crippen molar-refractivity contribution in [2.24, 2.45) is 5.41 Å². The van der Waals surface area contributed by atoms with Crippen LogP contribution in [0.15, 0.2) is 0 Å². The van der Waals surface area contributed by atoms with E-state index in [1.54, 1.807) is 0 Å². The Balaban J connectivity index is 2.87. The van der Waals surface area contributed by atoms with E-state index in [9.17, 15) is 13.2 Å². The number of ether oxygens (including phenoxy) is 1. The number of carboxylic acids is 1. The molecule has 0 spiro atoms. The van der Waals surface area contributed by atoms with Gasteiger partial charge < -0.3 is 9.84 Å². The highest BCUT2D eigenvalue weighted by Gasteiger charge is 2.48. The summed E-state index contributed by atoms with van der Waals surface area (Å²) in [5.74, 6) is -1.07. The average molecular weight is 252 g/mol. The van der Waals surface area contributed by atoms with Crippen LogP contribution in [0.25, 0.3) is 0 Å². The van der Waals surface area contributed by atoms with Gasteiger partial charge in [0.25, 0.3) is 10.2 Å². The summed E-state index contributed by atoms with van der Waals surface area (Å²) in [5.41, 5.74) is -1.22. The molecule has 0 amide bonds. The molecule has 8 heteroatoms. The van der Waals surface area contributed by atoms with E-state index in [0.29, 0.717) is 0 Å².